The second kappa shape index (κ2) is 4.87. The highest BCUT2D eigenvalue weighted by Gasteiger charge is 2.39. The second-order valence-corrected chi connectivity index (χ2v) is 5.47. The number of alkyl halides is 3. The lowest BCUT2D eigenvalue weighted by molar-refractivity contribution is -0.141. The summed E-state index contributed by atoms with van der Waals surface area (Å²) in [6.45, 7) is 1.24. The first kappa shape index (κ1) is 13.6. The molecule has 1 fully saturated rings. The predicted molar refractivity (Wildman–Crippen MR) is 68.5 cm³/mol. The first-order valence-corrected chi connectivity index (χ1v) is 6.92. The molecule has 0 atom stereocenters. The van der Waals surface area contributed by atoms with Crippen molar-refractivity contribution in [3.8, 4) is 0 Å². The van der Waals surface area contributed by atoms with E-state index in [1.165, 1.54) is 0 Å². The van der Waals surface area contributed by atoms with Crippen molar-refractivity contribution in [3.05, 3.63) is 17.0 Å². The number of hydrogen-bond donors (Lipinski definition) is 1. The maximum Gasteiger partial charge on any atom is 0.433 e. The van der Waals surface area contributed by atoms with E-state index in [0.29, 0.717) is 31.6 Å². The molecule has 3 rings (SSSR count). The molecule has 20 heavy (non-hydrogen) atoms. The summed E-state index contributed by atoms with van der Waals surface area (Å²) < 4.78 is 39.4. The molecule has 0 amide bonds. The van der Waals surface area contributed by atoms with E-state index in [0.717, 1.165) is 19.3 Å². The van der Waals surface area contributed by atoms with E-state index in [4.69, 9.17) is 5.73 Å². The standard InChI is InChI=1S/C13H17F3N4/c14-13(15,16)11-9-2-1-3-10(9)18-12(19-11)20-6-4-8(17)5-7-20/h8H,1-7,17H2. The van der Waals surface area contributed by atoms with Crippen molar-refractivity contribution in [2.75, 3.05) is 18.0 Å². The van der Waals surface area contributed by atoms with Gasteiger partial charge < -0.3 is 10.6 Å². The molecule has 2 N–H and O–H groups in total. The number of aromatic nitrogens is 2. The minimum absolute atomic E-state index is 0.128. The maximum absolute atomic E-state index is 13.1. The Kier molecular flexibility index (Phi) is 3.32. The molecule has 0 saturated carbocycles. The zero-order valence-corrected chi connectivity index (χ0v) is 11.1. The molecule has 2 aliphatic rings. The lowest BCUT2D eigenvalue weighted by atomic mass is 10.1. The third-order valence-corrected chi connectivity index (χ3v) is 4.01. The fourth-order valence-corrected chi connectivity index (χ4v) is 2.89. The van der Waals surface area contributed by atoms with E-state index in [1.807, 2.05) is 4.90 Å². The molecule has 7 heteroatoms. The van der Waals surface area contributed by atoms with E-state index in [-0.39, 0.29) is 17.6 Å². The summed E-state index contributed by atoms with van der Waals surface area (Å²) in [6, 6.07) is 0.128. The lowest BCUT2D eigenvalue weighted by Gasteiger charge is -2.30. The van der Waals surface area contributed by atoms with Crippen molar-refractivity contribution >= 4 is 5.95 Å². The highest BCUT2D eigenvalue weighted by atomic mass is 19.4. The van der Waals surface area contributed by atoms with Gasteiger partial charge in [-0.25, -0.2) is 9.97 Å². The Morgan fingerprint density at radius 3 is 2.45 bits per heavy atom. The summed E-state index contributed by atoms with van der Waals surface area (Å²) in [4.78, 5) is 9.98. The van der Waals surface area contributed by atoms with Crippen molar-refractivity contribution in [1.82, 2.24) is 9.97 Å². The molecule has 1 aromatic rings. The quantitative estimate of drug-likeness (QED) is 0.857. The van der Waals surface area contributed by atoms with Crippen molar-refractivity contribution in [1.29, 1.82) is 0 Å². The van der Waals surface area contributed by atoms with E-state index >= 15 is 0 Å². The third-order valence-electron chi connectivity index (χ3n) is 4.01. The fraction of sp³-hybridized carbons (Fsp3) is 0.692. The molecule has 1 aliphatic carbocycles. The van der Waals surface area contributed by atoms with Crippen LogP contribution in [0, 0.1) is 0 Å². The molecule has 2 heterocycles. The predicted octanol–water partition coefficient (Wildman–Crippen LogP) is 1.91. The van der Waals surface area contributed by atoms with Gasteiger partial charge in [-0.05, 0) is 32.1 Å². The highest BCUT2D eigenvalue weighted by Crippen LogP contribution is 2.36. The van der Waals surface area contributed by atoms with E-state index < -0.39 is 11.9 Å². The van der Waals surface area contributed by atoms with Gasteiger partial charge in [0.2, 0.25) is 5.95 Å². The van der Waals surface area contributed by atoms with Crippen molar-refractivity contribution in [2.45, 2.75) is 44.3 Å². The highest BCUT2D eigenvalue weighted by molar-refractivity contribution is 5.40. The Labute approximate surface area is 115 Å². The lowest BCUT2D eigenvalue weighted by Crippen LogP contribution is -2.40. The Morgan fingerprint density at radius 1 is 1.10 bits per heavy atom. The summed E-state index contributed by atoms with van der Waals surface area (Å²) in [7, 11) is 0. The van der Waals surface area contributed by atoms with Crippen LogP contribution >= 0.6 is 0 Å². The van der Waals surface area contributed by atoms with E-state index in [2.05, 4.69) is 9.97 Å². The van der Waals surface area contributed by atoms with Gasteiger partial charge in [0.25, 0.3) is 0 Å². The Morgan fingerprint density at radius 2 is 1.80 bits per heavy atom. The molecule has 0 spiro atoms. The summed E-state index contributed by atoms with van der Waals surface area (Å²) >= 11 is 0. The number of halogens is 3. The fourth-order valence-electron chi connectivity index (χ4n) is 2.89. The second-order valence-electron chi connectivity index (χ2n) is 5.47. The van der Waals surface area contributed by atoms with Gasteiger partial charge in [0.05, 0.1) is 0 Å². The number of anilines is 1. The molecule has 0 radical (unpaired) electrons. The molecule has 110 valence electrons. The summed E-state index contributed by atoms with van der Waals surface area (Å²) in [5.74, 6) is 0.213. The first-order valence-electron chi connectivity index (χ1n) is 6.92. The van der Waals surface area contributed by atoms with Crippen LogP contribution in [-0.4, -0.2) is 29.1 Å². The summed E-state index contributed by atoms with van der Waals surface area (Å²) in [5, 5.41) is 0. The largest absolute Gasteiger partial charge is 0.433 e. The van der Waals surface area contributed by atoms with Crippen LogP contribution in [0.4, 0.5) is 19.1 Å². The van der Waals surface area contributed by atoms with Crippen LogP contribution in [0.15, 0.2) is 0 Å². The number of hydrogen-bond acceptors (Lipinski definition) is 4. The SMILES string of the molecule is NC1CCN(c2nc3c(c(C(F)(F)F)n2)CCC3)CC1. The van der Waals surface area contributed by atoms with Crippen LogP contribution < -0.4 is 10.6 Å². The van der Waals surface area contributed by atoms with Crippen molar-refractivity contribution in [3.63, 3.8) is 0 Å². The number of piperidine rings is 1. The van der Waals surface area contributed by atoms with Gasteiger partial charge >= 0.3 is 6.18 Å². The van der Waals surface area contributed by atoms with E-state index in [1.54, 1.807) is 0 Å². The van der Waals surface area contributed by atoms with Crippen LogP contribution in [0.2, 0.25) is 0 Å². The van der Waals surface area contributed by atoms with Crippen LogP contribution in [0.5, 0.6) is 0 Å². The molecule has 0 bridgehead atoms. The van der Waals surface area contributed by atoms with Crippen LogP contribution in [0.1, 0.15) is 36.2 Å². The molecule has 1 aromatic heterocycles. The van der Waals surface area contributed by atoms with Gasteiger partial charge in [-0.15, -0.1) is 0 Å². The zero-order valence-electron chi connectivity index (χ0n) is 11.1. The molecule has 1 aliphatic heterocycles. The summed E-state index contributed by atoms with van der Waals surface area (Å²) in [6.07, 6.45) is -1.11. The number of nitrogens with two attached hydrogens (primary N) is 1. The van der Waals surface area contributed by atoms with Crippen LogP contribution in [0.25, 0.3) is 0 Å². The normalized spacial score (nSPS) is 20.3. The smallest absolute Gasteiger partial charge is 0.341 e. The molecule has 4 nitrogen and oxygen atoms in total. The van der Waals surface area contributed by atoms with Crippen LogP contribution in [0.3, 0.4) is 0 Å². The Balaban J connectivity index is 1.96. The molecule has 0 unspecified atom stereocenters. The van der Waals surface area contributed by atoms with Crippen molar-refractivity contribution < 1.29 is 13.2 Å². The molecular weight excluding hydrogens is 269 g/mol. The van der Waals surface area contributed by atoms with Crippen LogP contribution in [-0.2, 0) is 19.0 Å². The van der Waals surface area contributed by atoms with E-state index in [9.17, 15) is 13.2 Å². The van der Waals surface area contributed by atoms with Crippen molar-refractivity contribution in [2.24, 2.45) is 5.73 Å². The molecule has 0 aromatic carbocycles. The maximum atomic E-state index is 13.1. The van der Waals surface area contributed by atoms with Gasteiger partial charge in [0, 0.05) is 30.4 Å². The Hall–Kier alpha value is -1.37. The first-order chi connectivity index (χ1) is 9.45. The van der Waals surface area contributed by atoms with Gasteiger partial charge in [-0.2, -0.15) is 13.2 Å². The number of rotatable bonds is 1. The van der Waals surface area contributed by atoms with Gasteiger partial charge in [-0.1, -0.05) is 0 Å². The number of nitrogens with zero attached hydrogens (tertiary/aromatic N) is 3. The molecular formula is C13H17F3N4. The number of aryl methyl sites for hydroxylation is 1. The third kappa shape index (κ3) is 2.46. The molecule has 1 saturated heterocycles. The monoisotopic (exact) mass is 286 g/mol. The topological polar surface area (TPSA) is 55.0 Å². The van der Waals surface area contributed by atoms with Gasteiger partial charge in [0.15, 0.2) is 5.69 Å². The average Bonchev–Trinajstić information content (AvgIpc) is 2.85. The zero-order chi connectivity index (χ0) is 14.3. The minimum atomic E-state index is -4.40. The number of fused-ring (bicyclic) bond motifs is 1. The summed E-state index contributed by atoms with van der Waals surface area (Å²) in [5.41, 5.74) is 5.93. The average molecular weight is 286 g/mol. The minimum Gasteiger partial charge on any atom is -0.341 e. The van der Waals surface area contributed by atoms with Gasteiger partial charge in [0.1, 0.15) is 0 Å². The van der Waals surface area contributed by atoms with Gasteiger partial charge in [-0.3, -0.25) is 0 Å². The Bertz CT molecular complexity index is 507.